The van der Waals surface area contributed by atoms with E-state index < -0.39 is 11.4 Å². The molecule has 1 aromatic heterocycles. The van der Waals surface area contributed by atoms with Gasteiger partial charge >= 0.3 is 5.97 Å². The van der Waals surface area contributed by atoms with Crippen molar-refractivity contribution in [3.63, 3.8) is 0 Å². The maximum atomic E-state index is 11.3. The van der Waals surface area contributed by atoms with Crippen LogP contribution in [0.5, 0.6) is 0 Å². The Bertz CT molecular complexity index is 392. The number of aliphatic carboxylic acids is 1. The summed E-state index contributed by atoms with van der Waals surface area (Å²) >= 11 is 1.57. The van der Waals surface area contributed by atoms with Crippen LogP contribution in [0.4, 0.5) is 0 Å². The van der Waals surface area contributed by atoms with Gasteiger partial charge in [0.15, 0.2) is 0 Å². The number of carbonyl (C=O) groups is 1. The van der Waals surface area contributed by atoms with E-state index in [1.54, 1.807) is 11.3 Å². The Hall–Kier alpha value is -0.830. The molecular formula is C11H14O2S. The number of hydrogen-bond acceptors (Lipinski definition) is 2. The zero-order valence-corrected chi connectivity index (χ0v) is 9.44. The van der Waals surface area contributed by atoms with Gasteiger partial charge in [-0.25, -0.2) is 0 Å². The molecule has 0 aliphatic heterocycles. The molecule has 1 unspecified atom stereocenters. The summed E-state index contributed by atoms with van der Waals surface area (Å²) in [6, 6.07) is 2.01. The third-order valence-corrected chi connectivity index (χ3v) is 4.46. The highest BCUT2D eigenvalue weighted by Crippen LogP contribution is 2.65. The normalized spacial score (nSPS) is 28.8. The highest BCUT2D eigenvalue weighted by atomic mass is 32.1. The van der Waals surface area contributed by atoms with Crippen LogP contribution < -0.4 is 0 Å². The molecule has 0 spiro atoms. The summed E-state index contributed by atoms with van der Waals surface area (Å²) in [7, 11) is 0. The maximum absolute atomic E-state index is 11.3. The van der Waals surface area contributed by atoms with Crippen LogP contribution in [0.2, 0.25) is 0 Å². The van der Waals surface area contributed by atoms with Gasteiger partial charge in [-0.05, 0) is 35.8 Å². The highest BCUT2D eigenvalue weighted by molar-refractivity contribution is 7.10. The van der Waals surface area contributed by atoms with E-state index in [0.717, 1.165) is 16.9 Å². The fourth-order valence-electron chi connectivity index (χ4n) is 2.16. The van der Waals surface area contributed by atoms with Crippen LogP contribution in [0, 0.1) is 12.3 Å². The number of aryl methyl sites for hydroxylation is 1. The van der Waals surface area contributed by atoms with Gasteiger partial charge in [-0.1, -0.05) is 13.8 Å². The molecular weight excluding hydrogens is 196 g/mol. The van der Waals surface area contributed by atoms with E-state index in [9.17, 15) is 9.90 Å². The lowest BCUT2D eigenvalue weighted by molar-refractivity contribution is -0.140. The van der Waals surface area contributed by atoms with Crippen molar-refractivity contribution in [3.8, 4) is 0 Å². The van der Waals surface area contributed by atoms with E-state index in [-0.39, 0.29) is 5.41 Å². The summed E-state index contributed by atoms with van der Waals surface area (Å²) in [5.41, 5.74) is 0.468. The number of hydrogen-bond donors (Lipinski definition) is 1. The molecule has 76 valence electrons. The lowest BCUT2D eigenvalue weighted by atomic mass is 9.94. The molecule has 3 heteroatoms. The smallest absolute Gasteiger partial charge is 0.315 e. The Kier molecular flexibility index (Phi) is 1.80. The van der Waals surface area contributed by atoms with Crippen LogP contribution >= 0.6 is 11.3 Å². The number of carboxylic acids is 1. The molecule has 1 fully saturated rings. The Labute approximate surface area is 87.6 Å². The van der Waals surface area contributed by atoms with Crippen molar-refractivity contribution in [1.82, 2.24) is 0 Å². The third kappa shape index (κ3) is 1.05. The van der Waals surface area contributed by atoms with Crippen molar-refractivity contribution in [3.05, 3.63) is 21.9 Å². The Morgan fingerprint density at radius 3 is 2.43 bits per heavy atom. The first-order valence-electron chi connectivity index (χ1n) is 4.69. The summed E-state index contributed by atoms with van der Waals surface area (Å²) in [6.45, 7) is 6.05. The molecule has 0 aromatic carbocycles. The summed E-state index contributed by atoms with van der Waals surface area (Å²) in [4.78, 5) is 12.3. The Morgan fingerprint density at radius 2 is 2.14 bits per heavy atom. The van der Waals surface area contributed by atoms with Crippen molar-refractivity contribution >= 4 is 17.3 Å². The topological polar surface area (TPSA) is 37.3 Å². The van der Waals surface area contributed by atoms with Gasteiger partial charge in [0.25, 0.3) is 0 Å². The van der Waals surface area contributed by atoms with Crippen molar-refractivity contribution < 1.29 is 9.90 Å². The van der Waals surface area contributed by atoms with Gasteiger partial charge in [0.05, 0.1) is 0 Å². The molecule has 2 nitrogen and oxygen atoms in total. The molecule has 0 bridgehead atoms. The molecule has 0 saturated heterocycles. The predicted octanol–water partition coefficient (Wildman–Crippen LogP) is 2.81. The van der Waals surface area contributed by atoms with Crippen LogP contribution in [0.3, 0.4) is 0 Å². The van der Waals surface area contributed by atoms with Crippen LogP contribution in [-0.2, 0) is 10.2 Å². The molecule has 1 saturated carbocycles. The molecule has 1 heterocycles. The number of carboxylic acid groups (broad SMARTS) is 1. The second-order valence-corrected chi connectivity index (χ2v) is 5.67. The zero-order chi connectivity index (χ0) is 10.6. The average molecular weight is 210 g/mol. The van der Waals surface area contributed by atoms with Crippen molar-refractivity contribution in [1.29, 1.82) is 0 Å². The Balaban J connectivity index is 2.46. The maximum Gasteiger partial charge on any atom is 0.315 e. The van der Waals surface area contributed by atoms with E-state index in [4.69, 9.17) is 0 Å². The average Bonchev–Trinajstić information content (AvgIpc) is 2.44. The lowest BCUT2D eigenvalue weighted by Gasteiger charge is -2.13. The van der Waals surface area contributed by atoms with Gasteiger partial charge in [0, 0.05) is 4.88 Å². The minimum atomic E-state index is -0.677. The van der Waals surface area contributed by atoms with E-state index in [2.05, 4.69) is 0 Å². The van der Waals surface area contributed by atoms with Gasteiger partial charge < -0.3 is 5.11 Å². The van der Waals surface area contributed by atoms with E-state index >= 15 is 0 Å². The molecule has 1 aliphatic rings. The first kappa shape index (κ1) is 9.71. The standard InChI is InChI=1S/C11H14O2S/c1-7-4-8(14-5-7)11(9(12)13)6-10(11,2)3/h4-5H,6H2,1-3H3,(H,12,13). The predicted molar refractivity (Wildman–Crippen MR) is 56.8 cm³/mol. The van der Waals surface area contributed by atoms with Gasteiger partial charge in [-0.15, -0.1) is 11.3 Å². The van der Waals surface area contributed by atoms with Crippen LogP contribution in [0.1, 0.15) is 30.7 Å². The molecule has 1 N–H and O–H groups in total. The second-order valence-electron chi connectivity index (χ2n) is 4.76. The molecule has 1 atom stereocenters. The first-order valence-corrected chi connectivity index (χ1v) is 5.57. The summed E-state index contributed by atoms with van der Waals surface area (Å²) in [6.07, 6.45) is 0.759. The van der Waals surface area contributed by atoms with Gasteiger partial charge in [0.1, 0.15) is 5.41 Å². The second kappa shape index (κ2) is 2.60. The number of rotatable bonds is 2. The molecule has 1 aromatic rings. The van der Waals surface area contributed by atoms with Gasteiger partial charge in [-0.2, -0.15) is 0 Å². The first-order chi connectivity index (χ1) is 6.40. The summed E-state index contributed by atoms with van der Waals surface area (Å²) < 4.78 is 0. The fraction of sp³-hybridized carbons (Fsp3) is 0.545. The molecule has 1 aliphatic carbocycles. The van der Waals surface area contributed by atoms with Crippen LogP contribution in [-0.4, -0.2) is 11.1 Å². The van der Waals surface area contributed by atoms with Crippen molar-refractivity contribution in [2.24, 2.45) is 5.41 Å². The zero-order valence-electron chi connectivity index (χ0n) is 8.63. The molecule has 14 heavy (non-hydrogen) atoms. The fourth-order valence-corrected chi connectivity index (χ4v) is 3.44. The summed E-state index contributed by atoms with van der Waals surface area (Å²) in [5.74, 6) is -0.677. The molecule has 2 rings (SSSR count). The van der Waals surface area contributed by atoms with E-state index in [1.807, 2.05) is 32.2 Å². The van der Waals surface area contributed by atoms with E-state index in [1.165, 1.54) is 0 Å². The van der Waals surface area contributed by atoms with E-state index in [0.29, 0.717) is 0 Å². The monoisotopic (exact) mass is 210 g/mol. The van der Waals surface area contributed by atoms with Crippen molar-refractivity contribution in [2.75, 3.05) is 0 Å². The SMILES string of the molecule is Cc1csc(C2(C(=O)O)CC2(C)C)c1. The number of thiophene rings is 1. The van der Waals surface area contributed by atoms with Crippen LogP contribution in [0.25, 0.3) is 0 Å². The van der Waals surface area contributed by atoms with Gasteiger partial charge in [-0.3, -0.25) is 4.79 Å². The minimum Gasteiger partial charge on any atom is -0.481 e. The molecule has 0 amide bonds. The van der Waals surface area contributed by atoms with Gasteiger partial charge in [0.2, 0.25) is 0 Å². The quantitative estimate of drug-likeness (QED) is 0.815. The molecule has 0 radical (unpaired) electrons. The lowest BCUT2D eigenvalue weighted by Crippen LogP contribution is -2.24. The van der Waals surface area contributed by atoms with Crippen molar-refractivity contribution in [2.45, 2.75) is 32.6 Å². The minimum absolute atomic E-state index is 0.0872. The van der Waals surface area contributed by atoms with Crippen LogP contribution in [0.15, 0.2) is 11.4 Å². The largest absolute Gasteiger partial charge is 0.481 e. The summed E-state index contributed by atoms with van der Waals surface area (Å²) in [5, 5.41) is 11.3. The highest BCUT2D eigenvalue weighted by Gasteiger charge is 2.68. The Morgan fingerprint density at radius 1 is 1.57 bits per heavy atom. The third-order valence-electron chi connectivity index (χ3n) is 3.25.